The number of pyridine rings is 1. The van der Waals surface area contributed by atoms with E-state index < -0.39 is 17.7 Å². The van der Waals surface area contributed by atoms with Gasteiger partial charge in [0.05, 0.1) is 18.0 Å². The average molecular weight is 431 g/mol. The van der Waals surface area contributed by atoms with E-state index in [2.05, 4.69) is 15.5 Å². The van der Waals surface area contributed by atoms with Gasteiger partial charge in [0.1, 0.15) is 0 Å². The van der Waals surface area contributed by atoms with Crippen molar-refractivity contribution in [2.24, 2.45) is 5.92 Å². The summed E-state index contributed by atoms with van der Waals surface area (Å²) in [4.78, 5) is 26.6. The van der Waals surface area contributed by atoms with Gasteiger partial charge in [0.2, 0.25) is 11.8 Å². The van der Waals surface area contributed by atoms with Crippen molar-refractivity contribution < 1.29 is 22.8 Å². The molecule has 1 aliphatic heterocycles. The maximum Gasteiger partial charge on any atom is 0.417 e. The third kappa shape index (κ3) is 4.23. The number of alkyl halides is 3. The molecule has 31 heavy (non-hydrogen) atoms. The van der Waals surface area contributed by atoms with Crippen LogP contribution in [0.5, 0.6) is 0 Å². The quantitative estimate of drug-likeness (QED) is 0.674. The van der Waals surface area contributed by atoms with Gasteiger partial charge in [-0.3, -0.25) is 14.0 Å². The Morgan fingerprint density at radius 3 is 2.58 bits per heavy atom. The van der Waals surface area contributed by atoms with Crippen LogP contribution in [0.4, 0.5) is 18.9 Å². The fourth-order valence-electron chi connectivity index (χ4n) is 3.58. The minimum Gasteiger partial charge on any atom is -0.348 e. The first-order chi connectivity index (χ1) is 14.8. The highest BCUT2D eigenvalue weighted by molar-refractivity contribution is 6.00. The van der Waals surface area contributed by atoms with Gasteiger partial charge in [0, 0.05) is 24.8 Å². The van der Waals surface area contributed by atoms with Crippen LogP contribution in [-0.4, -0.2) is 33.0 Å². The Kier molecular flexibility index (Phi) is 5.38. The lowest BCUT2D eigenvalue weighted by Gasteiger charge is -2.17. The second kappa shape index (κ2) is 8.01. The number of aryl methyl sites for hydroxylation is 1. The SMILES string of the molecule is CCc1ccc(N2C[C@@H](C(=O)NCc3nnc4ccc(C(F)(F)F)cn34)CC2=O)cc1. The van der Waals surface area contributed by atoms with E-state index in [-0.39, 0.29) is 42.8 Å². The molecular weight excluding hydrogens is 411 g/mol. The van der Waals surface area contributed by atoms with E-state index in [0.29, 0.717) is 0 Å². The van der Waals surface area contributed by atoms with E-state index in [4.69, 9.17) is 0 Å². The average Bonchev–Trinajstić information content (AvgIpc) is 3.34. The maximum atomic E-state index is 13.0. The van der Waals surface area contributed by atoms with E-state index >= 15 is 0 Å². The number of carbonyl (C=O) groups excluding carboxylic acids is 2. The van der Waals surface area contributed by atoms with Crippen molar-refractivity contribution in [3.8, 4) is 0 Å². The number of benzene rings is 1. The number of amides is 2. The van der Waals surface area contributed by atoms with E-state index in [1.165, 1.54) is 10.5 Å². The number of aromatic nitrogens is 3. The molecule has 1 saturated heterocycles. The van der Waals surface area contributed by atoms with Crippen molar-refractivity contribution in [3.05, 3.63) is 59.5 Å². The molecule has 0 bridgehead atoms. The number of carbonyl (C=O) groups is 2. The van der Waals surface area contributed by atoms with E-state index in [0.717, 1.165) is 29.9 Å². The van der Waals surface area contributed by atoms with E-state index in [9.17, 15) is 22.8 Å². The van der Waals surface area contributed by atoms with Gasteiger partial charge in [-0.2, -0.15) is 13.2 Å². The third-order valence-electron chi connectivity index (χ3n) is 5.37. The predicted octanol–water partition coefficient (Wildman–Crippen LogP) is 2.98. The van der Waals surface area contributed by atoms with Crippen molar-refractivity contribution in [2.45, 2.75) is 32.5 Å². The molecule has 2 amide bonds. The number of nitrogens with one attached hydrogen (secondary N) is 1. The summed E-state index contributed by atoms with van der Waals surface area (Å²) in [6.07, 6.45) is -2.64. The van der Waals surface area contributed by atoms with E-state index in [1.54, 1.807) is 4.90 Å². The van der Waals surface area contributed by atoms with Gasteiger partial charge in [-0.25, -0.2) is 0 Å². The Morgan fingerprint density at radius 1 is 1.16 bits per heavy atom. The molecule has 1 aliphatic rings. The summed E-state index contributed by atoms with van der Waals surface area (Å²) >= 11 is 0. The molecule has 1 N–H and O–H groups in total. The minimum absolute atomic E-state index is 0.0696. The second-order valence-corrected chi connectivity index (χ2v) is 7.40. The molecule has 0 unspecified atom stereocenters. The molecular formula is C21H20F3N5O2. The summed E-state index contributed by atoms with van der Waals surface area (Å²) in [5.74, 6) is -0.883. The van der Waals surface area contributed by atoms with Crippen molar-refractivity contribution in [1.82, 2.24) is 19.9 Å². The van der Waals surface area contributed by atoms with Gasteiger partial charge in [0.15, 0.2) is 11.5 Å². The molecule has 2 aromatic heterocycles. The van der Waals surface area contributed by atoms with Crippen LogP contribution in [0, 0.1) is 5.92 Å². The monoisotopic (exact) mass is 431 g/mol. The maximum absolute atomic E-state index is 13.0. The normalized spacial score (nSPS) is 16.8. The lowest BCUT2D eigenvalue weighted by molar-refractivity contribution is -0.138. The topological polar surface area (TPSA) is 79.6 Å². The second-order valence-electron chi connectivity index (χ2n) is 7.40. The van der Waals surface area contributed by atoms with Gasteiger partial charge in [0.25, 0.3) is 0 Å². The molecule has 3 aromatic rings. The van der Waals surface area contributed by atoms with Gasteiger partial charge in [-0.15, -0.1) is 10.2 Å². The van der Waals surface area contributed by atoms with E-state index in [1.807, 2.05) is 31.2 Å². The number of fused-ring (bicyclic) bond motifs is 1. The number of hydrogen-bond donors (Lipinski definition) is 1. The lowest BCUT2D eigenvalue weighted by atomic mass is 10.1. The first-order valence-corrected chi connectivity index (χ1v) is 9.84. The first-order valence-electron chi connectivity index (χ1n) is 9.84. The van der Waals surface area contributed by atoms with Crippen molar-refractivity contribution in [1.29, 1.82) is 0 Å². The Morgan fingerprint density at radius 2 is 1.90 bits per heavy atom. The summed E-state index contributed by atoms with van der Waals surface area (Å²) in [6, 6.07) is 9.76. The zero-order chi connectivity index (χ0) is 22.2. The van der Waals surface area contributed by atoms with Crippen LogP contribution in [0.25, 0.3) is 5.65 Å². The van der Waals surface area contributed by atoms with Crippen LogP contribution in [0.3, 0.4) is 0 Å². The highest BCUT2D eigenvalue weighted by Gasteiger charge is 2.35. The van der Waals surface area contributed by atoms with Crippen LogP contribution < -0.4 is 10.2 Å². The smallest absolute Gasteiger partial charge is 0.348 e. The Hall–Kier alpha value is -3.43. The summed E-state index contributed by atoms with van der Waals surface area (Å²) in [7, 11) is 0. The van der Waals surface area contributed by atoms with Crippen molar-refractivity contribution >= 4 is 23.1 Å². The first kappa shape index (κ1) is 20.8. The Balaban J connectivity index is 1.42. The number of nitrogens with zero attached hydrogens (tertiary/aromatic N) is 4. The molecule has 4 rings (SSSR count). The van der Waals surface area contributed by atoms with Crippen LogP contribution >= 0.6 is 0 Å². The molecule has 162 valence electrons. The van der Waals surface area contributed by atoms with Crippen molar-refractivity contribution in [2.75, 3.05) is 11.4 Å². The highest BCUT2D eigenvalue weighted by Crippen LogP contribution is 2.29. The fourth-order valence-corrected chi connectivity index (χ4v) is 3.58. The molecule has 7 nitrogen and oxygen atoms in total. The molecule has 10 heteroatoms. The molecule has 3 heterocycles. The van der Waals surface area contributed by atoms with Crippen LogP contribution in [0.1, 0.15) is 30.3 Å². The molecule has 1 aromatic carbocycles. The van der Waals surface area contributed by atoms with Crippen LogP contribution in [-0.2, 0) is 28.7 Å². The largest absolute Gasteiger partial charge is 0.417 e. The molecule has 1 atom stereocenters. The Labute approximate surface area is 175 Å². The van der Waals surface area contributed by atoms with Gasteiger partial charge >= 0.3 is 6.18 Å². The number of hydrogen-bond acceptors (Lipinski definition) is 4. The summed E-state index contributed by atoms with van der Waals surface area (Å²) in [5, 5.41) is 10.4. The van der Waals surface area contributed by atoms with Crippen molar-refractivity contribution in [3.63, 3.8) is 0 Å². The summed E-state index contributed by atoms with van der Waals surface area (Å²) in [5.41, 5.74) is 1.30. The summed E-state index contributed by atoms with van der Waals surface area (Å²) < 4.78 is 40.1. The lowest BCUT2D eigenvalue weighted by Crippen LogP contribution is -2.33. The minimum atomic E-state index is -4.50. The molecule has 0 radical (unpaired) electrons. The zero-order valence-corrected chi connectivity index (χ0v) is 16.7. The molecule has 1 fully saturated rings. The number of rotatable bonds is 5. The van der Waals surface area contributed by atoms with Gasteiger partial charge < -0.3 is 10.2 Å². The number of halogens is 3. The molecule has 0 saturated carbocycles. The van der Waals surface area contributed by atoms with Gasteiger partial charge in [-0.1, -0.05) is 19.1 Å². The standard InChI is InChI=1S/C21H20F3N5O2/c1-2-13-3-6-16(7-4-13)28-11-14(9-19(28)30)20(31)25-10-18-27-26-17-8-5-15(12-29(17)18)21(22,23)24/h3-8,12,14H,2,9-11H2,1H3,(H,25,31)/t14-/m0/s1. The number of anilines is 1. The highest BCUT2D eigenvalue weighted by atomic mass is 19.4. The third-order valence-corrected chi connectivity index (χ3v) is 5.37. The predicted molar refractivity (Wildman–Crippen MR) is 106 cm³/mol. The molecule has 0 aliphatic carbocycles. The van der Waals surface area contributed by atoms with Gasteiger partial charge in [-0.05, 0) is 36.2 Å². The fraction of sp³-hybridized carbons (Fsp3) is 0.333. The van der Waals surface area contributed by atoms with Crippen LogP contribution in [0.15, 0.2) is 42.6 Å². The summed E-state index contributed by atoms with van der Waals surface area (Å²) in [6.45, 7) is 2.19. The van der Waals surface area contributed by atoms with Crippen LogP contribution in [0.2, 0.25) is 0 Å². The Bertz CT molecular complexity index is 1120. The molecule has 0 spiro atoms. The zero-order valence-electron chi connectivity index (χ0n) is 16.7.